The first-order valence-electron chi connectivity index (χ1n) is 5.57. The zero-order chi connectivity index (χ0) is 13.8. The van der Waals surface area contributed by atoms with E-state index in [-0.39, 0.29) is 12.5 Å². The van der Waals surface area contributed by atoms with E-state index >= 15 is 0 Å². The molecule has 0 saturated carbocycles. The monoisotopic (exact) mass is 324 g/mol. The van der Waals surface area contributed by atoms with Crippen LogP contribution in [0.2, 0.25) is 0 Å². The first kappa shape index (κ1) is 13.6. The Balaban J connectivity index is 2.17. The van der Waals surface area contributed by atoms with Crippen molar-refractivity contribution in [3.8, 4) is 5.75 Å². The number of benzene rings is 1. The van der Waals surface area contributed by atoms with Gasteiger partial charge in [-0.05, 0) is 40.2 Å². The number of hydrogen-bond acceptors (Lipinski definition) is 3. The fourth-order valence-electron chi connectivity index (χ4n) is 1.68. The summed E-state index contributed by atoms with van der Waals surface area (Å²) in [5.74, 6) is 0.336. The summed E-state index contributed by atoms with van der Waals surface area (Å²) in [6.07, 6.45) is 1.68. The van der Waals surface area contributed by atoms with Crippen LogP contribution in [0.25, 0.3) is 0 Å². The van der Waals surface area contributed by atoms with Crippen LogP contribution < -0.4 is 10.1 Å². The third kappa shape index (κ3) is 3.15. The molecule has 100 valence electrons. The van der Waals surface area contributed by atoms with Crippen molar-refractivity contribution < 1.29 is 14.6 Å². The number of aliphatic hydroxyl groups is 1. The second-order valence-corrected chi connectivity index (χ2v) is 4.79. The second-order valence-electron chi connectivity index (χ2n) is 3.87. The molecular formula is C13H13BrN2O3. The summed E-state index contributed by atoms with van der Waals surface area (Å²) in [5, 5.41) is 12.0. The molecule has 1 aromatic heterocycles. The minimum atomic E-state index is -0.250. The normalized spacial score (nSPS) is 10.3. The van der Waals surface area contributed by atoms with Crippen LogP contribution in [0.4, 0.5) is 5.69 Å². The molecule has 0 aliphatic rings. The van der Waals surface area contributed by atoms with Crippen LogP contribution in [-0.2, 0) is 6.61 Å². The molecule has 0 aliphatic carbocycles. The van der Waals surface area contributed by atoms with E-state index in [4.69, 9.17) is 4.74 Å². The lowest BCUT2D eigenvalue weighted by Crippen LogP contribution is -2.12. The van der Waals surface area contributed by atoms with E-state index in [1.807, 2.05) is 0 Å². The molecule has 2 aromatic rings. The van der Waals surface area contributed by atoms with Crippen LogP contribution in [0, 0.1) is 0 Å². The molecule has 5 nitrogen and oxygen atoms in total. The van der Waals surface area contributed by atoms with Crippen molar-refractivity contribution >= 4 is 27.5 Å². The number of aliphatic hydroxyl groups excluding tert-OH is 1. The zero-order valence-electron chi connectivity index (χ0n) is 10.2. The van der Waals surface area contributed by atoms with Crippen molar-refractivity contribution in [2.75, 3.05) is 12.4 Å². The van der Waals surface area contributed by atoms with Gasteiger partial charge in [0.2, 0.25) is 0 Å². The molecule has 19 heavy (non-hydrogen) atoms. The average Bonchev–Trinajstić information content (AvgIpc) is 2.85. The second kappa shape index (κ2) is 5.90. The molecule has 2 rings (SSSR count). The highest BCUT2D eigenvalue weighted by molar-refractivity contribution is 9.10. The van der Waals surface area contributed by atoms with Gasteiger partial charge in [-0.2, -0.15) is 0 Å². The van der Waals surface area contributed by atoms with Crippen LogP contribution in [0.3, 0.4) is 0 Å². The van der Waals surface area contributed by atoms with Crippen molar-refractivity contribution in [2.24, 2.45) is 0 Å². The summed E-state index contributed by atoms with van der Waals surface area (Å²) < 4.78 is 5.91. The summed E-state index contributed by atoms with van der Waals surface area (Å²) in [4.78, 5) is 14.8. The maximum atomic E-state index is 11.9. The molecule has 0 radical (unpaired) electrons. The van der Waals surface area contributed by atoms with Gasteiger partial charge in [0.15, 0.2) is 0 Å². The Bertz CT molecular complexity index is 595. The van der Waals surface area contributed by atoms with E-state index in [0.717, 1.165) is 4.47 Å². The van der Waals surface area contributed by atoms with Gasteiger partial charge in [-0.25, -0.2) is 0 Å². The molecular weight excluding hydrogens is 312 g/mol. The number of nitrogens with one attached hydrogen (secondary N) is 2. The predicted molar refractivity (Wildman–Crippen MR) is 75.4 cm³/mol. The fraction of sp³-hybridized carbons (Fsp3) is 0.154. The number of H-pyrrole nitrogens is 1. The van der Waals surface area contributed by atoms with Crippen molar-refractivity contribution in [2.45, 2.75) is 6.61 Å². The number of carbonyl (C=O) groups is 1. The van der Waals surface area contributed by atoms with Gasteiger partial charge >= 0.3 is 0 Å². The van der Waals surface area contributed by atoms with Gasteiger partial charge in [0, 0.05) is 21.9 Å². The van der Waals surface area contributed by atoms with Crippen LogP contribution >= 0.6 is 15.9 Å². The molecule has 1 aromatic carbocycles. The molecule has 3 N–H and O–H groups in total. The molecule has 0 unspecified atom stereocenters. The van der Waals surface area contributed by atoms with E-state index in [1.165, 1.54) is 7.11 Å². The standard InChI is InChI=1S/C13H13BrN2O3/c1-19-12-3-2-10(4-8(12)7-17)16-13(18)11-5-9(14)6-15-11/h2-6,15,17H,7H2,1H3,(H,16,18). The molecule has 0 spiro atoms. The van der Waals surface area contributed by atoms with Crippen LogP contribution in [0.15, 0.2) is 34.9 Å². The van der Waals surface area contributed by atoms with Crippen molar-refractivity contribution in [1.82, 2.24) is 4.98 Å². The van der Waals surface area contributed by atoms with Crippen LogP contribution in [0.5, 0.6) is 5.75 Å². The number of methoxy groups -OCH3 is 1. The molecule has 0 atom stereocenters. The smallest absolute Gasteiger partial charge is 0.272 e. The van der Waals surface area contributed by atoms with Gasteiger partial charge in [-0.1, -0.05) is 0 Å². The lowest BCUT2D eigenvalue weighted by molar-refractivity contribution is 0.102. The molecule has 0 saturated heterocycles. The number of hydrogen-bond donors (Lipinski definition) is 3. The number of carbonyl (C=O) groups excluding carboxylic acids is 1. The van der Waals surface area contributed by atoms with Crippen molar-refractivity contribution in [3.63, 3.8) is 0 Å². The van der Waals surface area contributed by atoms with E-state index in [2.05, 4.69) is 26.2 Å². The molecule has 6 heteroatoms. The summed E-state index contributed by atoms with van der Waals surface area (Å²) in [6, 6.07) is 6.78. The largest absolute Gasteiger partial charge is 0.496 e. The van der Waals surface area contributed by atoms with Gasteiger partial charge in [0.25, 0.3) is 5.91 Å². The van der Waals surface area contributed by atoms with Crippen LogP contribution in [0.1, 0.15) is 16.1 Å². The lowest BCUT2D eigenvalue weighted by atomic mass is 10.2. The number of rotatable bonds is 4. The van der Waals surface area contributed by atoms with E-state index in [9.17, 15) is 9.90 Å². The zero-order valence-corrected chi connectivity index (χ0v) is 11.8. The average molecular weight is 325 g/mol. The lowest BCUT2D eigenvalue weighted by Gasteiger charge is -2.09. The Morgan fingerprint density at radius 1 is 1.47 bits per heavy atom. The first-order valence-corrected chi connectivity index (χ1v) is 6.36. The Morgan fingerprint density at radius 2 is 2.26 bits per heavy atom. The number of anilines is 1. The van der Waals surface area contributed by atoms with E-state index < -0.39 is 0 Å². The molecule has 1 heterocycles. The molecule has 0 aliphatic heterocycles. The SMILES string of the molecule is COc1ccc(NC(=O)c2cc(Br)c[nH]2)cc1CO. The third-order valence-corrected chi connectivity index (χ3v) is 3.06. The van der Waals surface area contributed by atoms with Crippen molar-refractivity contribution in [3.05, 3.63) is 46.2 Å². The number of halogens is 1. The van der Waals surface area contributed by atoms with E-state index in [0.29, 0.717) is 22.7 Å². The fourth-order valence-corrected chi connectivity index (χ4v) is 2.02. The highest BCUT2D eigenvalue weighted by atomic mass is 79.9. The minimum Gasteiger partial charge on any atom is -0.496 e. The number of aromatic amines is 1. The molecule has 0 fully saturated rings. The predicted octanol–water partition coefficient (Wildman–Crippen LogP) is 2.53. The molecule has 1 amide bonds. The summed E-state index contributed by atoms with van der Waals surface area (Å²) in [5.41, 5.74) is 1.67. The summed E-state index contributed by atoms with van der Waals surface area (Å²) in [7, 11) is 1.53. The first-order chi connectivity index (χ1) is 9.13. The van der Waals surface area contributed by atoms with Gasteiger partial charge in [-0.3, -0.25) is 4.79 Å². The van der Waals surface area contributed by atoms with E-state index in [1.54, 1.807) is 30.5 Å². The quantitative estimate of drug-likeness (QED) is 0.809. The van der Waals surface area contributed by atoms with Gasteiger partial charge in [0.1, 0.15) is 11.4 Å². The summed E-state index contributed by atoms with van der Waals surface area (Å²) >= 11 is 3.27. The maximum absolute atomic E-state index is 11.9. The van der Waals surface area contributed by atoms with Crippen molar-refractivity contribution in [1.29, 1.82) is 0 Å². The Hall–Kier alpha value is -1.79. The third-order valence-electron chi connectivity index (χ3n) is 2.60. The van der Waals surface area contributed by atoms with Gasteiger partial charge < -0.3 is 20.1 Å². The number of ether oxygens (including phenoxy) is 1. The van der Waals surface area contributed by atoms with Crippen LogP contribution in [-0.4, -0.2) is 23.1 Å². The van der Waals surface area contributed by atoms with Gasteiger partial charge in [-0.15, -0.1) is 0 Å². The highest BCUT2D eigenvalue weighted by Crippen LogP contribution is 2.23. The highest BCUT2D eigenvalue weighted by Gasteiger charge is 2.10. The molecule has 0 bridgehead atoms. The Morgan fingerprint density at radius 3 is 2.84 bits per heavy atom. The maximum Gasteiger partial charge on any atom is 0.272 e. The Kier molecular flexibility index (Phi) is 4.24. The summed E-state index contributed by atoms with van der Waals surface area (Å²) in [6.45, 7) is -0.152. The Labute approximate surface area is 118 Å². The topological polar surface area (TPSA) is 74.3 Å². The van der Waals surface area contributed by atoms with Gasteiger partial charge in [0.05, 0.1) is 13.7 Å². The minimum absolute atomic E-state index is 0.152. The number of aromatic nitrogens is 1. The number of amides is 1.